The fourth-order valence-corrected chi connectivity index (χ4v) is 5.69. The molecule has 4 N–H and O–H groups in total. The topological polar surface area (TPSA) is 119 Å². The number of carbonyl (C=O) groups excluding carboxylic acids is 2. The van der Waals surface area contributed by atoms with Crippen LogP contribution in [-0.2, 0) is 19.1 Å². The molecule has 0 aliphatic carbocycles. The lowest BCUT2D eigenvalue weighted by Gasteiger charge is -2.15. The molecule has 0 fully saturated rings. The van der Waals surface area contributed by atoms with Crippen molar-refractivity contribution in [2.24, 2.45) is 5.73 Å². The number of carbonyl (C=O) groups is 3. The highest BCUT2D eigenvalue weighted by atomic mass is 16.5. The highest BCUT2D eigenvalue weighted by Gasteiger charge is 2.19. The van der Waals surface area contributed by atoms with Gasteiger partial charge in [-0.2, -0.15) is 0 Å². The van der Waals surface area contributed by atoms with Crippen LogP contribution >= 0.6 is 0 Å². The van der Waals surface area contributed by atoms with Gasteiger partial charge in [0.2, 0.25) is 5.91 Å². The Morgan fingerprint density at radius 2 is 1.13 bits per heavy atom. The van der Waals surface area contributed by atoms with Gasteiger partial charge >= 0.3 is 11.9 Å². The Balaban J connectivity index is 4.01. The van der Waals surface area contributed by atoms with Crippen LogP contribution in [0.1, 0.15) is 194 Å². The van der Waals surface area contributed by atoms with Crippen molar-refractivity contribution < 1.29 is 24.2 Å². The molecule has 0 aromatic heterocycles. The zero-order chi connectivity index (χ0) is 34.6. The third-order valence-corrected chi connectivity index (χ3v) is 8.72. The van der Waals surface area contributed by atoms with Crippen LogP contribution in [0.25, 0.3) is 0 Å². The first-order valence-electron chi connectivity index (χ1n) is 19.7. The second-order valence-corrected chi connectivity index (χ2v) is 13.3. The molecule has 0 aromatic rings. The molecule has 0 bridgehead atoms. The van der Waals surface area contributed by atoms with E-state index in [-0.39, 0.29) is 18.0 Å². The summed E-state index contributed by atoms with van der Waals surface area (Å²) in [7, 11) is 0. The van der Waals surface area contributed by atoms with Crippen LogP contribution in [0.5, 0.6) is 0 Å². The Morgan fingerprint density at radius 3 is 1.70 bits per heavy atom. The van der Waals surface area contributed by atoms with E-state index in [1.807, 2.05) is 0 Å². The average Bonchev–Trinajstić information content (AvgIpc) is 3.05. The van der Waals surface area contributed by atoms with E-state index in [4.69, 9.17) is 10.5 Å². The predicted octanol–water partition coefficient (Wildman–Crippen LogP) is 10.5. The van der Waals surface area contributed by atoms with Crippen LogP contribution in [0.15, 0.2) is 24.3 Å². The SMILES string of the molecule is CCCC/C=C\C(CCCCCCC(=O)NC(CCCN)C(=O)O)OC(=O)CCCCCCCCC/C=C\CCCCCCCCC. The van der Waals surface area contributed by atoms with Crippen LogP contribution in [-0.4, -0.2) is 41.6 Å². The number of hydrogen-bond acceptors (Lipinski definition) is 5. The number of nitrogens with two attached hydrogens (primary N) is 1. The number of hydrogen-bond donors (Lipinski definition) is 3. The summed E-state index contributed by atoms with van der Waals surface area (Å²) in [5.41, 5.74) is 5.46. The van der Waals surface area contributed by atoms with E-state index in [9.17, 15) is 19.5 Å². The third kappa shape index (κ3) is 32.2. The van der Waals surface area contributed by atoms with Crippen molar-refractivity contribution in [3.05, 3.63) is 24.3 Å². The number of amides is 1. The number of ether oxygens (including phenoxy) is 1. The van der Waals surface area contributed by atoms with Crippen molar-refractivity contribution >= 4 is 17.8 Å². The summed E-state index contributed by atoms with van der Waals surface area (Å²) in [6, 6.07) is -0.868. The van der Waals surface area contributed by atoms with Gasteiger partial charge in [0.15, 0.2) is 0 Å². The number of nitrogens with one attached hydrogen (secondary N) is 1. The molecule has 0 rings (SSSR count). The molecule has 7 heteroatoms. The van der Waals surface area contributed by atoms with Gasteiger partial charge in [-0.1, -0.05) is 128 Å². The number of unbranched alkanes of at least 4 members (excludes halogenated alkanes) is 19. The minimum Gasteiger partial charge on any atom is -0.480 e. The Labute approximate surface area is 289 Å². The van der Waals surface area contributed by atoms with Crippen molar-refractivity contribution in [3.63, 3.8) is 0 Å². The lowest BCUT2D eigenvalue weighted by molar-refractivity contribution is -0.147. The summed E-state index contributed by atoms with van der Waals surface area (Å²) in [6.07, 6.45) is 38.3. The lowest BCUT2D eigenvalue weighted by Crippen LogP contribution is -2.40. The van der Waals surface area contributed by atoms with Crippen molar-refractivity contribution in [1.29, 1.82) is 0 Å². The first kappa shape index (κ1) is 44.9. The van der Waals surface area contributed by atoms with Gasteiger partial charge in [-0.05, 0) is 83.2 Å². The summed E-state index contributed by atoms with van der Waals surface area (Å²) in [4.78, 5) is 36.0. The standard InChI is InChI=1S/C40H74N2O5/c1-3-5-7-9-10-11-12-13-14-15-16-17-18-19-20-21-22-28-34-39(44)47-36(30-25-8-6-4-2)31-26-23-24-27-33-38(43)42-37(40(45)46)32-29-35-41/h14-15,25,30,36-37H,3-13,16-24,26-29,31-35,41H2,1-2H3,(H,42,43)(H,45,46)/b15-14-,30-25-. The number of aliphatic carboxylic acids is 1. The fraction of sp³-hybridized carbons (Fsp3) is 0.825. The first-order chi connectivity index (χ1) is 22.9. The second kappa shape index (κ2) is 35.2. The lowest BCUT2D eigenvalue weighted by atomic mass is 10.1. The maximum Gasteiger partial charge on any atom is 0.326 e. The molecule has 274 valence electrons. The molecule has 47 heavy (non-hydrogen) atoms. The molecule has 2 atom stereocenters. The highest BCUT2D eigenvalue weighted by molar-refractivity contribution is 5.83. The predicted molar refractivity (Wildman–Crippen MR) is 197 cm³/mol. The average molecular weight is 663 g/mol. The molecule has 1 amide bonds. The van der Waals surface area contributed by atoms with Crippen LogP contribution in [0.2, 0.25) is 0 Å². The molecule has 0 aromatic carbocycles. The van der Waals surface area contributed by atoms with E-state index in [1.54, 1.807) is 0 Å². The summed E-state index contributed by atoms with van der Waals surface area (Å²) >= 11 is 0. The first-order valence-corrected chi connectivity index (χ1v) is 19.7. The fourth-order valence-electron chi connectivity index (χ4n) is 5.69. The number of carboxylic acids is 1. The minimum atomic E-state index is -1.02. The Morgan fingerprint density at radius 1 is 0.617 bits per heavy atom. The Bertz CT molecular complexity index is 797. The van der Waals surface area contributed by atoms with Gasteiger partial charge in [0.1, 0.15) is 12.1 Å². The van der Waals surface area contributed by atoms with E-state index in [1.165, 1.54) is 89.9 Å². The number of carboxylic acid groups (broad SMARTS) is 1. The van der Waals surface area contributed by atoms with Gasteiger partial charge < -0.3 is 20.9 Å². The smallest absolute Gasteiger partial charge is 0.326 e. The number of allylic oxidation sites excluding steroid dienone is 3. The van der Waals surface area contributed by atoms with Crippen LogP contribution in [0, 0.1) is 0 Å². The normalized spacial score (nSPS) is 12.9. The van der Waals surface area contributed by atoms with Gasteiger partial charge in [0.25, 0.3) is 0 Å². The van der Waals surface area contributed by atoms with Crippen molar-refractivity contribution in [1.82, 2.24) is 5.32 Å². The zero-order valence-corrected chi connectivity index (χ0v) is 30.6. The largest absolute Gasteiger partial charge is 0.480 e. The Kier molecular flexibility index (Phi) is 33.6. The van der Waals surface area contributed by atoms with E-state index < -0.39 is 12.0 Å². The molecule has 0 aliphatic rings. The van der Waals surface area contributed by atoms with Crippen molar-refractivity contribution in [2.45, 2.75) is 206 Å². The van der Waals surface area contributed by atoms with Crippen LogP contribution in [0.3, 0.4) is 0 Å². The summed E-state index contributed by atoms with van der Waals surface area (Å²) in [5, 5.41) is 11.9. The molecule has 7 nitrogen and oxygen atoms in total. The molecular weight excluding hydrogens is 588 g/mol. The maximum atomic E-state index is 12.6. The molecule has 0 saturated heterocycles. The highest BCUT2D eigenvalue weighted by Crippen LogP contribution is 2.15. The molecule has 0 saturated carbocycles. The van der Waals surface area contributed by atoms with E-state index in [0.29, 0.717) is 38.6 Å². The van der Waals surface area contributed by atoms with Crippen molar-refractivity contribution in [3.8, 4) is 0 Å². The Hall–Kier alpha value is -2.15. The third-order valence-electron chi connectivity index (χ3n) is 8.72. The molecule has 2 unspecified atom stereocenters. The van der Waals surface area contributed by atoms with Gasteiger partial charge in [0.05, 0.1) is 0 Å². The molecule has 0 radical (unpaired) electrons. The number of rotatable bonds is 35. The summed E-state index contributed by atoms with van der Waals surface area (Å²) < 4.78 is 5.85. The van der Waals surface area contributed by atoms with Crippen LogP contribution in [0.4, 0.5) is 0 Å². The molecule has 0 spiro atoms. The molecule has 0 aliphatic heterocycles. The number of esters is 1. The van der Waals surface area contributed by atoms with Gasteiger partial charge in [-0.25, -0.2) is 4.79 Å². The monoisotopic (exact) mass is 663 g/mol. The van der Waals surface area contributed by atoms with Crippen molar-refractivity contribution in [2.75, 3.05) is 6.54 Å². The summed E-state index contributed by atoms with van der Waals surface area (Å²) in [5.74, 6) is -1.34. The van der Waals surface area contributed by atoms with E-state index >= 15 is 0 Å². The van der Waals surface area contributed by atoms with Gasteiger partial charge in [0, 0.05) is 12.8 Å². The summed E-state index contributed by atoms with van der Waals surface area (Å²) in [6.45, 7) is 4.85. The maximum absolute atomic E-state index is 12.6. The minimum absolute atomic E-state index is 0.0993. The molecular formula is C40H74N2O5. The van der Waals surface area contributed by atoms with Gasteiger partial charge in [-0.3, -0.25) is 9.59 Å². The second-order valence-electron chi connectivity index (χ2n) is 13.3. The quantitative estimate of drug-likeness (QED) is 0.0353. The van der Waals surface area contributed by atoms with E-state index in [2.05, 4.69) is 43.5 Å². The van der Waals surface area contributed by atoms with Gasteiger partial charge in [-0.15, -0.1) is 0 Å². The molecule has 0 heterocycles. The van der Waals surface area contributed by atoms with Crippen LogP contribution < -0.4 is 11.1 Å². The van der Waals surface area contributed by atoms with E-state index in [0.717, 1.165) is 57.8 Å². The zero-order valence-electron chi connectivity index (χ0n) is 30.6.